The molecular formula is C12H8FN3O. The number of hydrogen-bond donors (Lipinski definition) is 1. The van der Waals surface area contributed by atoms with Gasteiger partial charge in [0.05, 0.1) is 11.8 Å². The molecule has 0 unspecified atom stereocenters. The third kappa shape index (κ3) is 1.61. The van der Waals surface area contributed by atoms with Crippen LogP contribution in [0.1, 0.15) is 0 Å². The zero-order valence-electron chi connectivity index (χ0n) is 8.72. The zero-order valence-corrected chi connectivity index (χ0v) is 8.72. The summed E-state index contributed by atoms with van der Waals surface area (Å²) in [6.07, 6.45) is 2.61. The first-order valence-corrected chi connectivity index (χ1v) is 5.00. The van der Waals surface area contributed by atoms with Crippen molar-refractivity contribution in [3.05, 3.63) is 42.5 Å². The van der Waals surface area contributed by atoms with E-state index in [2.05, 4.69) is 9.97 Å². The summed E-state index contributed by atoms with van der Waals surface area (Å²) in [5, 5.41) is 0. The molecule has 17 heavy (non-hydrogen) atoms. The van der Waals surface area contributed by atoms with Crippen molar-refractivity contribution in [2.75, 3.05) is 5.73 Å². The summed E-state index contributed by atoms with van der Waals surface area (Å²) >= 11 is 0. The molecule has 0 radical (unpaired) electrons. The molecule has 0 aliphatic carbocycles. The predicted molar refractivity (Wildman–Crippen MR) is 61.6 cm³/mol. The van der Waals surface area contributed by atoms with Gasteiger partial charge in [0.1, 0.15) is 5.52 Å². The fourth-order valence-electron chi connectivity index (χ4n) is 1.61. The Morgan fingerprint density at radius 2 is 2.12 bits per heavy atom. The Labute approximate surface area is 95.9 Å². The molecule has 0 amide bonds. The second-order valence-electron chi connectivity index (χ2n) is 3.60. The summed E-state index contributed by atoms with van der Waals surface area (Å²) in [6, 6.07) is 6.62. The van der Waals surface area contributed by atoms with Gasteiger partial charge in [-0.15, -0.1) is 0 Å². The number of benzene rings is 1. The Morgan fingerprint density at radius 1 is 1.24 bits per heavy atom. The smallest absolute Gasteiger partial charge is 0.230 e. The second kappa shape index (κ2) is 3.55. The van der Waals surface area contributed by atoms with E-state index >= 15 is 0 Å². The van der Waals surface area contributed by atoms with Crippen LogP contribution in [0.2, 0.25) is 0 Å². The third-order valence-electron chi connectivity index (χ3n) is 2.41. The van der Waals surface area contributed by atoms with Crippen LogP contribution in [-0.2, 0) is 0 Å². The molecule has 0 bridgehead atoms. The van der Waals surface area contributed by atoms with E-state index in [0.717, 1.165) is 6.20 Å². The first kappa shape index (κ1) is 9.77. The molecule has 0 fully saturated rings. The maximum Gasteiger partial charge on any atom is 0.230 e. The predicted octanol–water partition coefficient (Wildman–Crippen LogP) is 2.61. The van der Waals surface area contributed by atoms with Gasteiger partial charge in [-0.05, 0) is 24.3 Å². The standard InChI is InChI=1S/C12H8FN3O/c13-9-6-15-4-3-8(9)12-16-10-5-7(14)1-2-11(10)17-12/h1-6H,14H2. The summed E-state index contributed by atoms with van der Waals surface area (Å²) in [5.41, 5.74) is 7.70. The van der Waals surface area contributed by atoms with Gasteiger partial charge in [-0.2, -0.15) is 0 Å². The van der Waals surface area contributed by atoms with Crippen molar-refractivity contribution in [3.8, 4) is 11.5 Å². The van der Waals surface area contributed by atoms with Crippen LogP contribution < -0.4 is 5.73 Å². The highest BCUT2D eigenvalue weighted by atomic mass is 19.1. The van der Waals surface area contributed by atoms with Gasteiger partial charge < -0.3 is 10.2 Å². The van der Waals surface area contributed by atoms with Gasteiger partial charge in [0, 0.05) is 11.9 Å². The topological polar surface area (TPSA) is 64.9 Å². The van der Waals surface area contributed by atoms with Crippen LogP contribution >= 0.6 is 0 Å². The van der Waals surface area contributed by atoms with Crippen LogP contribution in [-0.4, -0.2) is 9.97 Å². The van der Waals surface area contributed by atoms with Gasteiger partial charge in [-0.25, -0.2) is 9.37 Å². The van der Waals surface area contributed by atoms with Crippen molar-refractivity contribution < 1.29 is 8.81 Å². The molecule has 0 atom stereocenters. The van der Waals surface area contributed by atoms with E-state index in [1.165, 1.54) is 12.3 Å². The lowest BCUT2D eigenvalue weighted by Gasteiger charge is -1.94. The molecule has 4 nitrogen and oxygen atoms in total. The molecule has 2 heterocycles. The molecule has 3 rings (SSSR count). The van der Waals surface area contributed by atoms with Crippen LogP contribution in [0.4, 0.5) is 10.1 Å². The quantitative estimate of drug-likeness (QED) is 0.651. The maximum absolute atomic E-state index is 13.5. The zero-order chi connectivity index (χ0) is 11.8. The van der Waals surface area contributed by atoms with Crippen molar-refractivity contribution >= 4 is 16.8 Å². The number of anilines is 1. The molecular weight excluding hydrogens is 221 g/mol. The van der Waals surface area contributed by atoms with Crippen LogP contribution in [0.15, 0.2) is 41.1 Å². The Hall–Kier alpha value is -2.43. The van der Waals surface area contributed by atoms with Gasteiger partial charge in [0.25, 0.3) is 0 Å². The summed E-state index contributed by atoms with van der Waals surface area (Å²) in [6.45, 7) is 0. The second-order valence-corrected chi connectivity index (χ2v) is 3.60. The molecule has 0 aliphatic rings. The van der Waals surface area contributed by atoms with E-state index in [1.54, 1.807) is 18.2 Å². The Balaban J connectivity index is 2.22. The number of rotatable bonds is 1. The van der Waals surface area contributed by atoms with Crippen LogP contribution in [0.5, 0.6) is 0 Å². The minimum Gasteiger partial charge on any atom is -0.436 e. The van der Waals surface area contributed by atoms with Gasteiger partial charge in [-0.1, -0.05) is 0 Å². The molecule has 2 N–H and O–H groups in total. The van der Waals surface area contributed by atoms with Crippen LogP contribution in [0, 0.1) is 5.82 Å². The minimum atomic E-state index is -0.466. The Morgan fingerprint density at radius 3 is 2.94 bits per heavy atom. The van der Waals surface area contributed by atoms with E-state index < -0.39 is 5.82 Å². The number of nitrogens with two attached hydrogens (primary N) is 1. The van der Waals surface area contributed by atoms with Gasteiger partial charge >= 0.3 is 0 Å². The number of hydrogen-bond acceptors (Lipinski definition) is 4. The van der Waals surface area contributed by atoms with Gasteiger partial charge in [0.15, 0.2) is 11.4 Å². The van der Waals surface area contributed by atoms with E-state index in [0.29, 0.717) is 16.8 Å². The number of fused-ring (bicyclic) bond motifs is 1. The molecule has 0 saturated carbocycles. The monoisotopic (exact) mass is 229 g/mol. The van der Waals surface area contributed by atoms with Crippen LogP contribution in [0.3, 0.4) is 0 Å². The average Bonchev–Trinajstić information content (AvgIpc) is 2.72. The fraction of sp³-hybridized carbons (Fsp3) is 0. The molecule has 1 aromatic carbocycles. The lowest BCUT2D eigenvalue weighted by Crippen LogP contribution is -1.85. The lowest BCUT2D eigenvalue weighted by atomic mass is 10.2. The number of halogens is 1. The van der Waals surface area contributed by atoms with Crippen molar-refractivity contribution in [3.63, 3.8) is 0 Å². The molecule has 3 aromatic rings. The fourth-order valence-corrected chi connectivity index (χ4v) is 1.61. The highest BCUT2D eigenvalue weighted by Gasteiger charge is 2.12. The number of aromatic nitrogens is 2. The van der Waals surface area contributed by atoms with Crippen molar-refractivity contribution in [2.24, 2.45) is 0 Å². The van der Waals surface area contributed by atoms with Crippen molar-refractivity contribution in [1.29, 1.82) is 0 Å². The molecule has 84 valence electrons. The molecule has 2 aromatic heterocycles. The lowest BCUT2D eigenvalue weighted by molar-refractivity contribution is 0.590. The summed E-state index contributed by atoms with van der Waals surface area (Å²) in [4.78, 5) is 7.86. The summed E-state index contributed by atoms with van der Waals surface area (Å²) < 4.78 is 19.0. The van der Waals surface area contributed by atoms with E-state index in [9.17, 15) is 4.39 Å². The highest BCUT2D eigenvalue weighted by Crippen LogP contribution is 2.26. The number of nitrogen functional groups attached to an aromatic ring is 1. The van der Waals surface area contributed by atoms with Crippen LogP contribution in [0.25, 0.3) is 22.6 Å². The summed E-state index contributed by atoms with van der Waals surface area (Å²) in [5.74, 6) is -0.238. The van der Waals surface area contributed by atoms with E-state index in [1.807, 2.05) is 0 Å². The van der Waals surface area contributed by atoms with Gasteiger partial charge in [0.2, 0.25) is 5.89 Å². The first-order chi connectivity index (χ1) is 8.24. The largest absolute Gasteiger partial charge is 0.436 e. The van der Waals surface area contributed by atoms with Gasteiger partial charge in [-0.3, -0.25) is 4.98 Å². The minimum absolute atomic E-state index is 0.227. The number of nitrogens with zero attached hydrogens (tertiary/aromatic N) is 2. The normalized spacial score (nSPS) is 10.9. The number of pyridine rings is 1. The average molecular weight is 229 g/mol. The first-order valence-electron chi connectivity index (χ1n) is 5.00. The maximum atomic E-state index is 13.5. The summed E-state index contributed by atoms with van der Waals surface area (Å²) in [7, 11) is 0. The van der Waals surface area contributed by atoms with E-state index in [4.69, 9.17) is 10.2 Å². The Bertz CT molecular complexity index is 693. The Kier molecular flexibility index (Phi) is 2.04. The molecule has 0 aliphatic heterocycles. The third-order valence-corrected chi connectivity index (χ3v) is 2.41. The molecule has 5 heteroatoms. The highest BCUT2D eigenvalue weighted by molar-refractivity contribution is 5.79. The van der Waals surface area contributed by atoms with E-state index in [-0.39, 0.29) is 11.5 Å². The molecule has 0 spiro atoms. The van der Waals surface area contributed by atoms with Crippen molar-refractivity contribution in [1.82, 2.24) is 9.97 Å². The number of oxazole rings is 1. The van der Waals surface area contributed by atoms with Crippen molar-refractivity contribution in [2.45, 2.75) is 0 Å². The SMILES string of the molecule is Nc1ccc2oc(-c3ccncc3F)nc2c1. The molecule has 0 saturated heterocycles.